The number of aliphatic hydroxyl groups is 1. The summed E-state index contributed by atoms with van der Waals surface area (Å²) in [5, 5.41) is 13.6. The zero-order valence-electron chi connectivity index (χ0n) is 13.0. The minimum absolute atomic E-state index is 0.0203. The van der Waals surface area contributed by atoms with Crippen molar-refractivity contribution in [2.24, 2.45) is 5.41 Å². The lowest BCUT2D eigenvalue weighted by atomic mass is 9.75. The van der Waals surface area contributed by atoms with Crippen molar-refractivity contribution in [3.63, 3.8) is 0 Å². The number of likely N-dealkylation sites (N-methyl/N-ethyl adjacent to an activating group) is 1. The van der Waals surface area contributed by atoms with Crippen molar-refractivity contribution in [3.05, 3.63) is 0 Å². The summed E-state index contributed by atoms with van der Waals surface area (Å²) in [4.78, 5) is 14.9. The fourth-order valence-corrected chi connectivity index (χ4v) is 4.02. The van der Waals surface area contributed by atoms with Crippen LogP contribution in [0.5, 0.6) is 0 Å². The molecule has 0 bridgehead atoms. The van der Waals surface area contributed by atoms with Gasteiger partial charge in [-0.3, -0.25) is 4.79 Å². The van der Waals surface area contributed by atoms with E-state index in [1.807, 2.05) is 11.9 Å². The highest BCUT2D eigenvalue weighted by Crippen LogP contribution is 2.35. The van der Waals surface area contributed by atoms with Gasteiger partial charge in [-0.25, -0.2) is 0 Å². The Morgan fingerprint density at radius 3 is 2.70 bits per heavy atom. The van der Waals surface area contributed by atoms with Crippen LogP contribution < -0.4 is 5.32 Å². The molecule has 20 heavy (non-hydrogen) atoms. The van der Waals surface area contributed by atoms with Crippen LogP contribution in [0.3, 0.4) is 0 Å². The second-order valence-electron chi connectivity index (χ2n) is 6.65. The smallest absolute Gasteiger partial charge is 0.230 e. The summed E-state index contributed by atoms with van der Waals surface area (Å²) in [5.74, 6) is 0.248. The van der Waals surface area contributed by atoms with Gasteiger partial charge in [0.05, 0.1) is 17.6 Å². The largest absolute Gasteiger partial charge is 0.391 e. The number of piperidine rings is 1. The summed E-state index contributed by atoms with van der Waals surface area (Å²) in [7, 11) is 1.90. The molecule has 2 rings (SSSR count). The minimum Gasteiger partial charge on any atom is -0.391 e. The molecule has 3 unspecified atom stereocenters. The van der Waals surface area contributed by atoms with Crippen LogP contribution in [0.25, 0.3) is 0 Å². The topological polar surface area (TPSA) is 52.6 Å². The molecule has 4 nitrogen and oxygen atoms in total. The van der Waals surface area contributed by atoms with Gasteiger partial charge in [0, 0.05) is 13.6 Å². The summed E-state index contributed by atoms with van der Waals surface area (Å²) < 4.78 is 0. The third-order valence-corrected chi connectivity index (χ3v) is 5.17. The zero-order valence-corrected chi connectivity index (χ0v) is 13.0. The summed E-state index contributed by atoms with van der Waals surface area (Å²) in [6.45, 7) is 3.97. The Morgan fingerprint density at radius 2 is 2.10 bits per heavy atom. The van der Waals surface area contributed by atoms with Gasteiger partial charge in [-0.05, 0) is 38.6 Å². The number of amides is 1. The lowest BCUT2D eigenvalue weighted by Gasteiger charge is -2.43. The summed E-state index contributed by atoms with van der Waals surface area (Å²) in [5.41, 5.74) is -0.237. The fourth-order valence-electron chi connectivity index (χ4n) is 4.02. The molecule has 1 saturated carbocycles. The Hall–Kier alpha value is -0.610. The summed E-state index contributed by atoms with van der Waals surface area (Å²) in [6.07, 6.45) is 7.70. The number of hydrogen-bond acceptors (Lipinski definition) is 3. The van der Waals surface area contributed by atoms with E-state index in [2.05, 4.69) is 12.2 Å². The third kappa shape index (κ3) is 3.17. The molecular weight excluding hydrogens is 252 g/mol. The van der Waals surface area contributed by atoms with Gasteiger partial charge in [0.2, 0.25) is 5.91 Å². The quantitative estimate of drug-likeness (QED) is 0.828. The third-order valence-electron chi connectivity index (χ3n) is 5.17. The predicted molar refractivity (Wildman–Crippen MR) is 80.5 cm³/mol. The highest BCUT2D eigenvalue weighted by molar-refractivity contribution is 5.83. The molecule has 1 aliphatic heterocycles. The van der Waals surface area contributed by atoms with Gasteiger partial charge in [-0.2, -0.15) is 0 Å². The molecule has 0 aromatic heterocycles. The lowest BCUT2D eigenvalue weighted by Crippen LogP contribution is -2.56. The molecule has 116 valence electrons. The van der Waals surface area contributed by atoms with E-state index in [0.29, 0.717) is 0 Å². The maximum absolute atomic E-state index is 13.0. The summed E-state index contributed by atoms with van der Waals surface area (Å²) >= 11 is 0. The first-order valence-corrected chi connectivity index (χ1v) is 8.27. The minimum atomic E-state index is -0.340. The van der Waals surface area contributed by atoms with Gasteiger partial charge in [0.15, 0.2) is 0 Å². The van der Waals surface area contributed by atoms with Gasteiger partial charge in [0.25, 0.3) is 0 Å². The van der Waals surface area contributed by atoms with Crippen molar-refractivity contribution < 1.29 is 9.90 Å². The predicted octanol–water partition coefficient (Wildman–Crippen LogP) is 1.92. The van der Waals surface area contributed by atoms with E-state index in [1.165, 1.54) is 0 Å². The standard InChI is InChI=1S/C16H30N2O2/c1-3-9-16(10-6-11-17-12-16)15(20)18(2)13-7-4-5-8-14(13)19/h13-14,17,19H,3-12H2,1-2H3. The molecular formula is C16H30N2O2. The van der Waals surface area contributed by atoms with E-state index in [1.54, 1.807) is 0 Å². The molecule has 0 aromatic carbocycles. The van der Waals surface area contributed by atoms with Crippen molar-refractivity contribution in [3.8, 4) is 0 Å². The Labute approximate surface area is 122 Å². The van der Waals surface area contributed by atoms with Gasteiger partial charge in [0.1, 0.15) is 0 Å². The van der Waals surface area contributed by atoms with Gasteiger partial charge in [-0.1, -0.05) is 26.2 Å². The van der Waals surface area contributed by atoms with Crippen molar-refractivity contribution in [1.82, 2.24) is 10.2 Å². The molecule has 0 spiro atoms. The highest BCUT2D eigenvalue weighted by Gasteiger charge is 2.43. The van der Waals surface area contributed by atoms with Gasteiger partial charge in [-0.15, -0.1) is 0 Å². The Morgan fingerprint density at radius 1 is 1.35 bits per heavy atom. The van der Waals surface area contributed by atoms with Gasteiger partial charge >= 0.3 is 0 Å². The van der Waals surface area contributed by atoms with Crippen LogP contribution in [0.2, 0.25) is 0 Å². The number of hydrogen-bond donors (Lipinski definition) is 2. The lowest BCUT2D eigenvalue weighted by molar-refractivity contribution is -0.148. The number of aliphatic hydroxyl groups excluding tert-OH is 1. The SMILES string of the molecule is CCCC1(C(=O)N(C)C2CCCCC2O)CCCNC1. The monoisotopic (exact) mass is 282 g/mol. The van der Waals surface area contributed by atoms with Crippen LogP contribution in [-0.4, -0.2) is 48.2 Å². The average Bonchev–Trinajstić information content (AvgIpc) is 2.47. The van der Waals surface area contributed by atoms with E-state index in [-0.39, 0.29) is 23.5 Å². The molecule has 1 heterocycles. The highest BCUT2D eigenvalue weighted by atomic mass is 16.3. The van der Waals surface area contributed by atoms with Crippen molar-refractivity contribution in [2.75, 3.05) is 20.1 Å². The first-order chi connectivity index (χ1) is 9.60. The number of carbonyl (C=O) groups is 1. The number of nitrogens with zero attached hydrogens (tertiary/aromatic N) is 1. The number of nitrogens with one attached hydrogen (secondary N) is 1. The molecule has 3 atom stereocenters. The molecule has 0 aromatic rings. The van der Waals surface area contributed by atoms with Crippen molar-refractivity contribution >= 4 is 5.91 Å². The molecule has 1 saturated heterocycles. The maximum atomic E-state index is 13.0. The molecule has 1 aliphatic carbocycles. The first-order valence-electron chi connectivity index (χ1n) is 8.27. The van der Waals surface area contributed by atoms with Crippen LogP contribution in [-0.2, 0) is 4.79 Å². The van der Waals surface area contributed by atoms with E-state index in [4.69, 9.17) is 0 Å². The summed E-state index contributed by atoms with van der Waals surface area (Å²) in [6, 6.07) is 0.0203. The maximum Gasteiger partial charge on any atom is 0.230 e. The molecule has 0 radical (unpaired) electrons. The number of rotatable bonds is 4. The second-order valence-corrected chi connectivity index (χ2v) is 6.65. The molecule has 2 N–H and O–H groups in total. The normalized spacial score (nSPS) is 34.8. The first kappa shape index (κ1) is 15.8. The Bertz CT molecular complexity index is 321. The second kappa shape index (κ2) is 6.90. The van der Waals surface area contributed by atoms with Crippen LogP contribution in [0.1, 0.15) is 58.3 Å². The van der Waals surface area contributed by atoms with Gasteiger partial charge < -0.3 is 15.3 Å². The molecule has 2 fully saturated rings. The van der Waals surface area contributed by atoms with Crippen LogP contribution in [0.15, 0.2) is 0 Å². The average molecular weight is 282 g/mol. The molecule has 2 aliphatic rings. The van der Waals surface area contributed by atoms with Crippen LogP contribution in [0, 0.1) is 5.41 Å². The van der Waals surface area contributed by atoms with E-state index in [9.17, 15) is 9.90 Å². The Kier molecular flexibility index (Phi) is 5.44. The van der Waals surface area contributed by atoms with E-state index < -0.39 is 0 Å². The van der Waals surface area contributed by atoms with E-state index in [0.717, 1.165) is 64.5 Å². The number of carbonyl (C=O) groups excluding carboxylic acids is 1. The van der Waals surface area contributed by atoms with Crippen molar-refractivity contribution in [1.29, 1.82) is 0 Å². The Balaban J connectivity index is 2.09. The molecule has 1 amide bonds. The fraction of sp³-hybridized carbons (Fsp3) is 0.938. The van der Waals surface area contributed by atoms with E-state index >= 15 is 0 Å². The van der Waals surface area contributed by atoms with Crippen LogP contribution in [0.4, 0.5) is 0 Å². The van der Waals surface area contributed by atoms with Crippen LogP contribution >= 0.6 is 0 Å². The van der Waals surface area contributed by atoms with Crippen molar-refractivity contribution in [2.45, 2.75) is 70.4 Å². The molecule has 4 heteroatoms. The zero-order chi connectivity index (χ0) is 14.6.